The van der Waals surface area contributed by atoms with E-state index in [-0.39, 0.29) is 0 Å². The second-order valence-corrected chi connectivity index (χ2v) is 1.87. The van der Waals surface area contributed by atoms with Crippen LogP contribution in [0.1, 0.15) is 0 Å². The zero-order chi connectivity index (χ0) is 6.53. The van der Waals surface area contributed by atoms with Gasteiger partial charge in [-0.2, -0.15) is 0 Å². The van der Waals surface area contributed by atoms with E-state index in [0.29, 0.717) is 5.75 Å². The zero-order valence-corrected chi connectivity index (χ0v) is 5.70. The molecule has 47 valence electrons. The molecule has 1 aromatic rings. The molecule has 0 spiro atoms. The maximum atomic E-state index is 9.90. The van der Waals surface area contributed by atoms with E-state index in [2.05, 4.69) is 4.52 Å². The minimum Gasteiger partial charge on any atom is -0.419 e. The number of hydrogen-bond donors (Lipinski definition) is 0. The molecule has 0 aliphatic heterocycles. The Kier molecular flexibility index (Phi) is 2.22. The topological polar surface area (TPSA) is 26.3 Å². The molecule has 0 heterocycles. The van der Waals surface area contributed by atoms with Crippen LogP contribution in [0.5, 0.6) is 5.75 Å². The molecule has 1 unspecified atom stereocenters. The fourth-order valence-corrected chi connectivity index (χ4v) is 0.769. The lowest BCUT2D eigenvalue weighted by Crippen LogP contribution is -1.70. The molecule has 0 saturated carbocycles. The van der Waals surface area contributed by atoms with Crippen LogP contribution in [0.3, 0.4) is 0 Å². The van der Waals surface area contributed by atoms with Crippen molar-refractivity contribution in [2.45, 2.75) is 0 Å². The maximum Gasteiger partial charge on any atom is 0.253 e. The van der Waals surface area contributed by atoms with Crippen molar-refractivity contribution >= 4 is 8.69 Å². The first-order valence-electron chi connectivity index (χ1n) is 2.52. The molecule has 0 fully saturated rings. The molecular formula is C6H6O2P. The highest BCUT2D eigenvalue weighted by atomic mass is 31.1. The lowest BCUT2D eigenvalue weighted by molar-refractivity contribution is 0.525. The van der Waals surface area contributed by atoms with Gasteiger partial charge >= 0.3 is 0 Å². The number of hydrogen-bond acceptors (Lipinski definition) is 2. The summed E-state index contributed by atoms with van der Waals surface area (Å²) in [6, 6.07) is 9.04. The fourth-order valence-electron chi connectivity index (χ4n) is 0.537. The summed E-state index contributed by atoms with van der Waals surface area (Å²) >= 11 is 0. The molecule has 3 heteroatoms. The van der Waals surface area contributed by atoms with Crippen molar-refractivity contribution in [3.8, 4) is 5.75 Å². The fraction of sp³-hybridized carbons (Fsp3) is 0. The maximum absolute atomic E-state index is 9.90. The summed E-state index contributed by atoms with van der Waals surface area (Å²) in [6.07, 6.45) is 0. The van der Waals surface area contributed by atoms with Gasteiger partial charge in [0.15, 0.2) is 0 Å². The van der Waals surface area contributed by atoms with E-state index < -0.39 is 8.69 Å². The van der Waals surface area contributed by atoms with Crippen molar-refractivity contribution < 1.29 is 9.09 Å². The van der Waals surface area contributed by atoms with Gasteiger partial charge in [0, 0.05) is 0 Å². The highest BCUT2D eigenvalue weighted by Gasteiger charge is 1.84. The largest absolute Gasteiger partial charge is 0.419 e. The normalized spacial score (nSPS) is 9.33. The molecule has 0 bridgehead atoms. The Labute approximate surface area is 54.8 Å². The van der Waals surface area contributed by atoms with Crippen LogP contribution in [0.4, 0.5) is 0 Å². The zero-order valence-electron chi connectivity index (χ0n) is 4.70. The van der Waals surface area contributed by atoms with E-state index >= 15 is 0 Å². The average molecular weight is 141 g/mol. The van der Waals surface area contributed by atoms with E-state index in [0.717, 1.165) is 0 Å². The SMILES string of the molecule is O=[PH]Oc1ccccc1. The van der Waals surface area contributed by atoms with Gasteiger partial charge in [0.1, 0.15) is 5.75 Å². The van der Waals surface area contributed by atoms with Crippen molar-refractivity contribution in [2.24, 2.45) is 0 Å². The average Bonchev–Trinajstić information content (AvgIpc) is 1.91. The molecule has 0 N–H and O–H groups in total. The summed E-state index contributed by atoms with van der Waals surface area (Å²) in [5.41, 5.74) is 0. The van der Waals surface area contributed by atoms with Crippen molar-refractivity contribution in [3.05, 3.63) is 30.3 Å². The van der Waals surface area contributed by atoms with Gasteiger partial charge in [-0.15, -0.1) is 0 Å². The third kappa shape index (κ3) is 1.82. The van der Waals surface area contributed by atoms with Crippen molar-refractivity contribution in [1.29, 1.82) is 0 Å². The summed E-state index contributed by atoms with van der Waals surface area (Å²) < 4.78 is 14.6. The minimum absolute atomic E-state index is 0.644. The van der Waals surface area contributed by atoms with E-state index in [1.807, 2.05) is 18.2 Å². The molecule has 1 aromatic carbocycles. The molecule has 0 amide bonds. The summed E-state index contributed by atoms with van der Waals surface area (Å²) in [5, 5.41) is 0. The van der Waals surface area contributed by atoms with Gasteiger partial charge in [0.05, 0.1) is 0 Å². The molecule has 1 rings (SSSR count). The summed E-state index contributed by atoms with van der Waals surface area (Å²) in [5.74, 6) is 0.644. The van der Waals surface area contributed by atoms with Crippen LogP contribution in [-0.4, -0.2) is 0 Å². The van der Waals surface area contributed by atoms with Gasteiger partial charge in [-0.25, -0.2) is 4.57 Å². The monoisotopic (exact) mass is 141 g/mol. The summed E-state index contributed by atoms with van der Waals surface area (Å²) in [4.78, 5) is 0. The van der Waals surface area contributed by atoms with Crippen LogP contribution in [-0.2, 0) is 4.57 Å². The third-order valence-corrected chi connectivity index (χ3v) is 1.22. The molecule has 0 saturated heterocycles. The van der Waals surface area contributed by atoms with Crippen LogP contribution in [0.15, 0.2) is 30.3 Å². The van der Waals surface area contributed by atoms with E-state index in [9.17, 15) is 4.57 Å². The Morgan fingerprint density at radius 3 is 2.44 bits per heavy atom. The molecule has 2 nitrogen and oxygen atoms in total. The van der Waals surface area contributed by atoms with Crippen LogP contribution in [0, 0.1) is 0 Å². The Balaban J connectivity index is 2.72. The molecular weight excluding hydrogens is 135 g/mol. The Hall–Kier alpha value is -0.880. The van der Waals surface area contributed by atoms with Gasteiger partial charge in [-0.05, 0) is 12.1 Å². The van der Waals surface area contributed by atoms with Crippen LogP contribution in [0.2, 0.25) is 0 Å². The molecule has 9 heavy (non-hydrogen) atoms. The second kappa shape index (κ2) is 3.21. The number of para-hydroxylation sites is 1. The van der Waals surface area contributed by atoms with Gasteiger partial charge in [-0.1, -0.05) is 18.2 Å². The predicted molar refractivity (Wildman–Crippen MR) is 36.1 cm³/mol. The van der Waals surface area contributed by atoms with E-state index in [1.165, 1.54) is 0 Å². The lowest BCUT2D eigenvalue weighted by atomic mass is 10.3. The van der Waals surface area contributed by atoms with Crippen LogP contribution < -0.4 is 4.52 Å². The first-order valence-corrected chi connectivity index (χ1v) is 3.34. The van der Waals surface area contributed by atoms with Crippen molar-refractivity contribution in [1.82, 2.24) is 0 Å². The van der Waals surface area contributed by atoms with Gasteiger partial charge < -0.3 is 4.52 Å². The minimum atomic E-state index is -0.715. The highest BCUT2D eigenvalue weighted by molar-refractivity contribution is 7.17. The molecule has 1 atom stereocenters. The van der Waals surface area contributed by atoms with Crippen molar-refractivity contribution in [2.75, 3.05) is 0 Å². The Bertz CT molecular complexity index is 186. The Morgan fingerprint density at radius 2 is 1.89 bits per heavy atom. The lowest BCUT2D eigenvalue weighted by Gasteiger charge is -1.92. The number of benzene rings is 1. The van der Waals surface area contributed by atoms with Gasteiger partial charge in [0.2, 0.25) is 0 Å². The Morgan fingerprint density at radius 1 is 1.22 bits per heavy atom. The molecule has 0 aliphatic rings. The van der Waals surface area contributed by atoms with Crippen LogP contribution in [0.25, 0.3) is 0 Å². The highest BCUT2D eigenvalue weighted by Crippen LogP contribution is 2.12. The third-order valence-electron chi connectivity index (χ3n) is 0.903. The predicted octanol–water partition coefficient (Wildman–Crippen LogP) is 2.00. The molecule has 1 radical (unpaired) electrons. The molecule has 0 aliphatic carbocycles. The molecule has 0 aromatic heterocycles. The summed E-state index contributed by atoms with van der Waals surface area (Å²) in [7, 11) is -0.715. The van der Waals surface area contributed by atoms with E-state index in [4.69, 9.17) is 0 Å². The van der Waals surface area contributed by atoms with Crippen molar-refractivity contribution in [3.63, 3.8) is 0 Å². The number of rotatable bonds is 2. The standard InChI is InChI=1S/C6H6O2P/c7-9-8-6-4-2-1-3-5-6/h1-5,9H. The van der Waals surface area contributed by atoms with Gasteiger partial charge in [-0.3, -0.25) is 0 Å². The van der Waals surface area contributed by atoms with E-state index in [1.54, 1.807) is 12.1 Å². The smallest absolute Gasteiger partial charge is 0.253 e. The van der Waals surface area contributed by atoms with Crippen LogP contribution >= 0.6 is 8.69 Å². The first kappa shape index (κ1) is 6.24. The van der Waals surface area contributed by atoms with Gasteiger partial charge in [0.25, 0.3) is 8.69 Å². The first-order chi connectivity index (χ1) is 4.43. The summed E-state index contributed by atoms with van der Waals surface area (Å²) in [6.45, 7) is 0. The quantitative estimate of drug-likeness (QED) is 0.589. The second-order valence-electron chi connectivity index (χ2n) is 1.50.